The maximum Gasteiger partial charge on any atom is 0.306 e. The van der Waals surface area contributed by atoms with Gasteiger partial charge in [-0.3, -0.25) is 4.79 Å². The third kappa shape index (κ3) is 18.1. The van der Waals surface area contributed by atoms with E-state index in [0.29, 0.717) is 11.2 Å². The van der Waals surface area contributed by atoms with Gasteiger partial charge in [0.15, 0.2) is 0 Å². The average molecular weight is 391 g/mol. The Morgan fingerprint density at radius 3 is 1.87 bits per heavy atom. The van der Waals surface area contributed by atoms with Crippen molar-refractivity contribution in [2.45, 2.75) is 122 Å². The number of carbonyl (C=O) groups excluding carboxylic acids is 1. The third-order valence-electron chi connectivity index (χ3n) is 3.94. The summed E-state index contributed by atoms with van der Waals surface area (Å²) in [6.07, 6.45) is 16.0. The summed E-state index contributed by atoms with van der Waals surface area (Å²) in [5.41, 5.74) is -0.347. The Morgan fingerprint density at radius 2 is 1.35 bits per heavy atom. The molecule has 0 bridgehead atoms. The van der Waals surface area contributed by atoms with Crippen LogP contribution in [0.3, 0.4) is 0 Å². The van der Waals surface area contributed by atoms with Crippen molar-refractivity contribution >= 4 is 21.9 Å². The van der Waals surface area contributed by atoms with E-state index >= 15 is 0 Å². The van der Waals surface area contributed by atoms with Crippen molar-refractivity contribution in [1.29, 1.82) is 0 Å². The molecule has 0 heterocycles. The Morgan fingerprint density at radius 1 is 0.870 bits per heavy atom. The molecule has 0 aromatic carbocycles. The highest BCUT2D eigenvalue weighted by molar-refractivity contribution is 9.09. The molecule has 0 rings (SSSR count). The first kappa shape index (κ1) is 22.9. The van der Waals surface area contributed by atoms with Crippen LogP contribution >= 0.6 is 15.9 Å². The Balaban J connectivity index is 3.31. The SMILES string of the molecule is CCCCCCC(Br)CCCCCCCCC(=O)OC(C)(C)C. The van der Waals surface area contributed by atoms with E-state index in [9.17, 15) is 4.79 Å². The number of hydrogen-bond acceptors (Lipinski definition) is 2. The van der Waals surface area contributed by atoms with Crippen molar-refractivity contribution in [1.82, 2.24) is 0 Å². The van der Waals surface area contributed by atoms with Crippen molar-refractivity contribution in [3.8, 4) is 0 Å². The van der Waals surface area contributed by atoms with E-state index < -0.39 is 0 Å². The summed E-state index contributed by atoms with van der Waals surface area (Å²) in [5.74, 6) is -0.0531. The molecule has 23 heavy (non-hydrogen) atoms. The lowest BCUT2D eigenvalue weighted by Crippen LogP contribution is -2.23. The number of hydrogen-bond donors (Lipinski definition) is 0. The van der Waals surface area contributed by atoms with E-state index in [1.807, 2.05) is 20.8 Å². The maximum atomic E-state index is 11.6. The number of esters is 1. The molecule has 0 saturated heterocycles. The van der Waals surface area contributed by atoms with Gasteiger partial charge in [0.2, 0.25) is 0 Å². The highest BCUT2D eigenvalue weighted by Gasteiger charge is 2.15. The van der Waals surface area contributed by atoms with Crippen LogP contribution in [0.4, 0.5) is 0 Å². The highest BCUT2D eigenvalue weighted by atomic mass is 79.9. The number of rotatable bonds is 14. The van der Waals surface area contributed by atoms with Crippen molar-refractivity contribution in [3.05, 3.63) is 0 Å². The smallest absolute Gasteiger partial charge is 0.306 e. The second-order valence-corrected chi connectivity index (χ2v) is 8.99. The van der Waals surface area contributed by atoms with Gasteiger partial charge in [0.1, 0.15) is 5.60 Å². The van der Waals surface area contributed by atoms with Crippen LogP contribution in [-0.2, 0) is 9.53 Å². The monoisotopic (exact) mass is 390 g/mol. The van der Waals surface area contributed by atoms with Crippen LogP contribution in [0.1, 0.15) is 111 Å². The molecule has 0 aromatic heterocycles. The summed E-state index contributed by atoms with van der Waals surface area (Å²) < 4.78 is 5.31. The van der Waals surface area contributed by atoms with Crippen molar-refractivity contribution in [2.75, 3.05) is 0 Å². The van der Waals surface area contributed by atoms with Crippen LogP contribution in [0.2, 0.25) is 0 Å². The Hall–Kier alpha value is -0.0500. The molecule has 2 nitrogen and oxygen atoms in total. The average Bonchev–Trinajstić information content (AvgIpc) is 2.44. The maximum absolute atomic E-state index is 11.6. The van der Waals surface area contributed by atoms with Crippen molar-refractivity contribution < 1.29 is 9.53 Å². The minimum Gasteiger partial charge on any atom is -0.460 e. The zero-order valence-corrected chi connectivity index (χ0v) is 17.6. The molecule has 0 saturated carbocycles. The molecule has 0 radical (unpaired) electrons. The third-order valence-corrected chi connectivity index (χ3v) is 4.85. The van der Waals surface area contributed by atoms with E-state index in [4.69, 9.17) is 4.74 Å². The second-order valence-electron chi connectivity index (χ2n) is 7.69. The number of alkyl halides is 1. The quantitative estimate of drug-likeness (QED) is 0.178. The lowest BCUT2D eigenvalue weighted by atomic mass is 10.0. The molecule has 0 spiro atoms. The molecular formula is C20H39BrO2. The van der Waals surface area contributed by atoms with Crippen LogP contribution in [0.15, 0.2) is 0 Å². The van der Waals surface area contributed by atoms with Gasteiger partial charge in [-0.05, 0) is 40.0 Å². The van der Waals surface area contributed by atoms with Crippen LogP contribution in [0.25, 0.3) is 0 Å². The molecule has 0 aliphatic heterocycles. The van der Waals surface area contributed by atoms with E-state index in [1.54, 1.807) is 0 Å². The van der Waals surface area contributed by atoms with Crippen LogP contribution in [-0.4, -0.2) is 16.4 Å². The van der Waals surface area contributed by atoms with E-state index in [1.165, 1.54) is 64.2 Å². The van der Waals surface area contributed by atoms with Gasteiger partial charge in [-0.2, -0.15) is 0 Å². The standard InChI is InChI=1S/C20H39BrO2/c1-5-6-7-12-15-18(21)16-13-10-8-9-11-14-17-19(22)23-20(2,3)4/h18H,5-17H2,1-4H3. The minimum atomic E-state index is -0.347. The Bertz CT molecular complexity index is 284. The van der Waals surface area contributed by atoms with Crippen molar-refractivity contribution in [2.24, 2.45) is 0 Å². The first-order valence-electron chi connectivity index (χ1n) is 9.71. The van der Waals surface area contributed by atoms with Gasteiger partial charge in [-0.15, -0.1) is 0 Å². The molecule has 0 amide bonds. The fourth-order valence-corrected chi connectivity index (χ4v) is 3.32. The fourth-order valence-electron chi connectivity index (χ4n) is 2.67. The molecule has 0 aliphatic carbocycles. The Labute approximate surface area is 153 Å². The van der Waals surface area contributed by atoms with Crippen LogP contribution < -0.4 is 0 Å². The predicted octanol–water partition coefficient (Wildman–Crippen LogP) is 7.18. The number of carbonyl (C=O) groups is 1. The lowest BCUT2D eigenvalue weighted by Gasteiger charge is -2.19. The first-order chi connectivity index (χ1) is 10.8. The summed E-state index contributed by atoms with van der Waals surface area (Å²) in [6, 6.07) is 0. The largest absolute Gasteiger partial charge is 0.460 e. The number of halogens is 1. The summed E-state index contributed by atoms with van der Waals surface area (Å²) >= 11 is 3.81. The van der Waals surface area contributed by atoms with Crippen LogP contribution in [0.5, 0.6) is 0 Å². The molecule has 0 aromatic rings. The zero-order chi connectivity index (χ0) is 17.6. The molecule has 138 valence electrons. The topological polar surface area (TPSA) is 26.3 Å². The van der Waals surface area contributed by atoms with Gasteiger partial charge in [0, 0.05) is 11.2 Å². The highest BCUT2D eigenvalue weighted by Crippen LogP contribution is 2.19. The number of ether oxygens (including phenoxy) is 1. The van der Waals surface area contributed by atoms with E-state index in [-0.39, 0.29) is 11.6 Å². The summed E-state index contributed by atoms with van der Waals surface area (Å²) in [6.45, 7) is 8.03. The summed E-state index contributed by atoms with van der Waals surface area (Å²) in [7, 11) is 0. The molecular weight excluding hydrogens is 352 g/mol. The van der Waals surface area contributed by atoms with Gasteiger partial charge < -0.3 is 4.74 Å². The predicted molar refractivity (Wildman–Crippen MR) is 104 cm³/mol. The van der Waals surface area contributed by atoms with Gasteiger partial charge in [0.05, 0.1) is 0 Å². The first-order valence-corrected chi connectivity index (χ1v) is 10.6. The number of unbranched alkanes of at least 4 members (excludes halogenated alkanes) is 8. The second kappa shape index (κ2) is 14.3. The van der Waals surface area contributed by atoms with Gasteiger partial charge in [-0.1, -0.05) is 80.6 Å². The zero-order valence-electron chi connectivity index (χ0n) is 16.0. The normalized spacial score (nSPS) is 13.1. The Kier molecular flexibility index (Phi) is 14.3. The van der Waals surface area contributed by atoms with Gasteiger partial charge >= 0.3 is 5.97 Å². The van der Waals surface area contributed by atoms with Gasteiger partial charge in [0.25, 0.3) is 0 Å². The fraction of sp³-hybridized carbons (Fsp3) is 0.950. The molecule has 0 N–H and O–H groups in total. The lowest BCUT2D eigenvalue weighted by molar-refractivity contribution is -0.154. The van der Waals surface area contributed by atoms with E-state index in [2.05, 4.69) is 22.9 Å². The molecule has 0 aliphatic rings. The molecule has 3 heteroatoms. The summed E-state index contributed by atoms with van der Waals surface area (Å²) in [5, 5.41) is 0. The minimum absolute atomic E-state index is 0.0531. The molecule has 0 fully saturated rings. The molecule has 1 atom stereocenters. The van der Waals surface area contributed by atoms with Gasteiger partial charge in [-0.25, -0.2) is 0 Å². The van der Waals surface area contributed by atoms with Crippen LogP contribution in [0, 0.1) is 0 Å². The van der Waals surface area contributed by atoms with E-state index in [0.717, 1.165) is 12.8 Å². The van der Waals surface area contributed by atoms with Crippen molar-refractivity contribution in [3.63, 3.8) is 0 Å². The molecule has 1 unspecified atom stereocenters. The summed E-state index contributed by atoms with van der Waals surface area (Å²) in [4.78, 5) is 12.3.